The maximum atomic E-state index is 12.5. The third-order valence-electron chi connectivity index (χ3n) is 5.84. The van der Waals surface area contributed by atoms with Crippen molar-refractivity contribution in [1.29, 1.82) is 0 Å². The molecule has 1 fully saturated rings. The Balaban J connectivity index is 1.61. The van der Waals surface area contributed by atoms with Crippen LogP contribution in [-0.2, 0) is 11.3 Å². The average Bonchev–Trinajstić information content (AvgIpc) is 2.92. The van der Waals surface area contributed by atoms with Crippen LogP contribution in [0.4, 0.5) is 0 Å². The molecule has 3 atom stereocenters. The highest BCUT2D eigenvalue weighted by molar-refractivity contribution is 5.77. The standard InChI is InChI=1S/C22H32N4O/c1-16-10-8-9-13-21(16)23-22(27)15-25(4)14-20-17(2)24-26(18(20)3)19-11-6-5-7-12-19/h5-7,11-12,16,21H,8-10,13-15H2,1-4H3,(H,23,27)/p+1/t16-,21-/m0/s1. The fourth-order valence-electron chi connectivity index (χ4n) is 4.18. The summed E-state index contributed by atoms with van der Waals surface area (Å²) >= 11 is 0. The highest BCUT2D eigenvalue weighted by Crippen LogP contribution is 2.23. The molecule has 146 valence electrons. The van der Waals surface area contributed by atoms with E-state index < -0.39 is 0 Å². The Bertz CT molecular complexity index is 768. The van der Waals surface area contributed by atoms with Crippen molar-refractivity contribution in [3.8, 4) is 5.69 Å². The van der Waals surface area contributed by atoms with Crippen LogP contribution in [0.15, 0.2) is 30.3 Å². The van der Waals surface area contributed by atoms with Crippen molar-refractivity contribution in [3.63, 3.8) is 0 Å². The molecule has 0 bridgehead atoms. The van der Waals surface area contributed by atoms with Gasteiger partial charge in [-0.15, -0.1) is 0 Å². The van der Waals surface area contributed by atoms with Gasteiger partial charge in [0.25, 0.3) is 5.91 Å². The average molecular weight is 370 g/mol. The minimum Gasteiger partial charge on any atom is -0.348 e. The summed E-state index contributed by atoms with van der Waals surface area (Å²) in [5.41, 5.74) is 4.50. The summed E-state index contributed by atoms with van der Waals surface area (Å²) in [5, 5.41) is 7.98. The number of nitrogens with zero attached hydrogens (tertiary/aromatic N) is 2. The Morgan fingerprint density at radius 1 is 1.22 bits per heavy atom. The molecule has 0 saturated heterocycles. The smallest absolute Gasteiger partial charge is 0.275 e. The molecule has 0 spiro atoms. The fraction of sp³-hybridized carbons (Fsp3) is 0.545. The summed E-state index contributed by atoms with van der Waals surface area (Å²) in [5.74, 6) is 0.758. The van der Waals surface area contributed by atoms with Crippen LogP contribution in [0, 0.1) is 19.8 Å². The Hall–Kier alpha value is -2.14. The molecule has 1 saturated carbocycles. The number of carbonyl (C=O) groups is 1. The maximum Gasteiger partial charge on any atom is 0.275 e. The van der Waals surface area contributed by atoms with E-state index in [1.165, 1.54) is 29.7 Å². The van der Waals surface area contributed by atoms with Gasteiger partial charge in [0.15, 0.2) is 6.54 Å². The molecule has 0 aliphatic heterocycles. The van der Waals surface area contributed by atoms with Crippen LogP contribution in [0.5, 0.6) is 0 Å². The molecule has 2 N–H and O–H groups in total. The third kappa shape index (κ3) is 4.78. The van der Waals surface area contributed by atoms with E-state index in [1.54, 1.807) is 0 Å². The van der Waals surface area contributed by atoms with Crippen LogP contribution in [0.1, 0.15) is 49.6 Å². The Labute approximate surface area is 162 Å². The number of nitrogens with one attached hydrogen (secondary N) is 2. The highest BCUT2D eigenvalue weighted by atomic mass is 16.2. The topological polar surface area (TPSA) is 51.4 Å². The number of carbonyl (C=O) groups excluding carboxylic acids is 1. The van der Waals surface area contributed by atoms with Crippen LogP contribution in [0.2, 0.25) is 0 Å². The van der Waals surface area contributed by atoms with Gasteiger partial charge in [-0.3, -0.25) is 4.79 Å². The molecule has 1 heterocycles. The third-order valence-corrected chi connectivity index (χ3v) is 5.84. The molecule has 3 rings (SSSR count). The predicted molar refractivity (Wildman–Crippen MR) is 108 cm³/mol. The van der Waals surface area contributed by atoms with Gasteiger partial charge in [0, 0.05) is 6.04 Å². The second-order valence-corrected chi connectivity index (χ2v) is 8.14. The zero-order valence-electron chi connectivity index (χ0n) is 17.1. The SMILES string of the molecule is Cc1nn(-c2ccccc2)c(C)c1C[NH+](C)CC(=O)N[C@H]1CCCC[C@@H]1C. The number of aromatic nitrogens is 2. The zero-order valence-corrected chi connectivity index (χ0v) is 17.1. The second kappa shape index (κ2) is 8.70. The molecule has 5 nitrogen and oxygen atoms in total. The first-order valence-electron chi connectivity index (χ1n) is 10.2. The number of amides is 1. The van der Waals surface area contributed by atoms with Crippen molar-refractivity contribution in [3.05, 3.63) is 47.3 Å². The summed E-state index contributed by atoms with van der Waals surface area (Å²) in [6.07, 6.45) is 4.87. The first kappa shape index (κ1) is 19.6. The minimum atomic E-state index is 0.164. The van der Waals surface area contributed by atoms with E-state index in [9.17, 15) is 4.79 Å². The van der Waals surface area contributed by atoms with E-state index in [2.05, 4.69) is 45.3 Å². The van der Waals surface area contributed by atoms with E-state index in [-0.39, 0.29) is 5.91 Å². The molecule has 1 unspecified atom stereocenters. The summed E-state index contributed by atoms with van der Waals surface area (Å²) in [7, 11) is 2.09. The summed E-state index contributed by atoms with van der Waals surface area (Å²) < 4.78 is 2.00. The first-order valence-corrected chi connectivity index (χ1v) is 10.2. The summed E-state index contributed by atoms with van der Waals surface area (Å²) in [6.45, 7) is 7.72. The lowest BCUT2D eigenvalue weighted by molar-refractivity contribution is -0.885. The number of rotatable bonds is 6. The number of aryl methyl sites for hydroxylation is 1. The van der Waals surface area contributed by atoms with E-state index in [0.29, 0.717) is 18.5 Å². The Morgan fingerprint density at radius 2 is 1.93 bits per heavy atom. The van der Waals surface area contributed by atoms with E-state index in [4.69, 9.17) is 5.10 Å². The van der Waals surface area contributed by atoms with Crippen LogP contribution in [0.3, 0.4) is 0 Å². The van der Waals surface area contributed by atoms with Gasteiger partial charge in [0.2, 0.25) is 0 Å². The van der Waals surface area contributed by atoms with Crippen molar-refractivity contribution in [2.24, 2.45) is 5.92 Å². The van der Waals surface area contributed by atoms with Crippen molar-refractivity contribution >= 4 is 5.91 Å². The number of hydrogen-bond donors (Lipinski definition) is 2. The molecule has 1 amide bonds. The summed E-state index contributed by atoms with van der Waals surface area (Å²) in [4.78, 5) is 13.7. The van der Waals surface area contributed by atoms with Crippen molar-refractivity contribution in [2.45, 2.75) is 59.0 Å². The molecule has 5 heteroatoms. The molecular formula is C22H33N4O+. The van der Waals surface area contributed by atoms with Crippen molar-refractivity contribution < 1.29 is 9.69 Å². The lowest BCUT2D eigenvalue weighted by Gasteiger charge is -2.29. The lowest BCUT2D eigenvalue weighted by Crippen LogP contribution is -3.09. The fourth-order valence-corrected chi connectivity index (χ4v) is 4.18. The van der Waals surface area contributed by atoms with E-state index in [1.807, 2.05) is 22.9 Å². The zero-order chi connectivity index (χ0) is 19.4. The molecular weight excluding hydrogens is 336 g/mol. The monoisotopic (exact) mass is 369 g/mol. The van der Waals surface area contributed by atoms with E-state index >= 15 is 0 Å². The van der Waals surface area contributed by atoms with Gasteiger partial charge in [-0.05, 0) is 44.7 Å². The number of para-hydroxylation sites is 1. The number of benzene rings is 1. The van der Waals surface area contributed by atoms with Gasteiger partial charge in [-0.25, -0.2) is 4.68 Å². The highest BCUT2D eigenvalue weighted by Gasteiger charge is 2.24. The van der Waals surface area contributed by atoms with Crippen LogP contribution in [0.25, 0.3) is 5.69 Å². The van der Waals surface area contributed by atoms with E-state index in [0.717, 1.165) is 30.0 Å². The van der Waals surface area contributed by atoms with Gasteiger partial charge in [-0.1, -0.05) is 38.0 Å². The largest absolute Gasteiger partial charge is 0.348 e. The van der Waals surface area contributed by atoms with Crippen LogP contribution in [-0.4, -0.2) is 35.3 Å². The Kier molecular flexibility index (Phi) is 6.32. The normalized spacial score (nSPS) is 21.0. The van der Waals surface area contributed by atoms with Gasteiger partial charge in [0.1, 0.15) is 6.54 Å². The van der Waals surface area contributed by atoms with Crippen molar-refractivity contribution in [2.75, 3.05) is 13.6 Å². The van der Waals surface area contributed by atoms with Crippen LogP contribution < -0.4 is 10.2 Å². The number of hydrogen-bond acceptors (Lipinski definition) is 2. The molecule has 1 aliphatic carbocycles. The van der Waals surface area contributed by atoms with Crippen molar-refractivity contribution in [1.82, 2.24) is 15.1 Å². The molecule has 27 heavy (non-hydrogen) atoms. The molecule has 0 radical (unpaired) electrons. The molecule has 1 aromatic heterocycles. The van der Waals surface area contributed by atoms with Gasteiger partial charge >= 0.3 is 0 Å². The van der Waals surface area contributed by atoms with Gasteiger partial charge in [-0.2, -0.15) is 5.10 Å². The molecule has 1 aliphatic rings. The molecule has 2 aromatic rings. The van der Waals surface area contributed by atoms with Gasteiger partial charge in [0.05, 0.1) is 29.7 Å². The first-order chi connectivity index (χ1) is 13.0. The molecule has 1 aromatic carbocycles. The van der Waals surface area contributed by atoms with Crippen LogP contribution >= 0.6 is 0 Å². The number of likely N-dealkylation sites (N-methyl/N-ethyl adjacent to an activating group) is 1. The Morgan fingerprint density at radius 3 is 2.63 bits per heavy atom. The quantitative estimate of drug-likeness (QED) is 0.820. The minimum absolute atomic E-state index is 0.164. The number of quaternary nitrogens is 1. The van der Waals surface area contributed by atoms with Gasteiger partial charge < -0.3 is 10.2 Å². The predicted octanol–water partition coefficient (Wildman–Crippen LogP) is 2.20. The summed E-state index contributed by atoms with van der Waals surface area (Å²) in [6, 6.07) is 10.6. The lowest BCUT2D eigenvalue weighted by atomic mass is 9.86. The maximum absolute atomic E-state index is 12.5. The second-order valence-electron chi connectivity index (χ2n) is 8.14.